The third-order valence-electron chi connectivity index (χ3n) is 3.89. The van der Waals surface area contributed by atoms with Crippen LogP contribution in [0.25, 0.3) is 10.2 Å². The number of H-pyrrole nitrogens is 1. The Morgan fingerprint density at radius 2 is 2.37 bits per heavy atom. The Morgan fingerprint density at radius 3 is 3.05 bits per heavy atom. The monoisotopic (exact) mass is 296 g/mol. The molecule has 0 saturated heterocycles. The molecule has 0 aliphatic heterocycles. The second kappa shape index (κ2) is 4.85. The smallest absolute Gasteiger partial charge is 0.263 e. The first-order valence-corrected chi connectivity index (χ1v) is 7.63. The molecule has 4 nitrogen and oxygen atoms in total. The number of fused-ring (bicyclic) bond motifs is 1. The molecule has 1 N–H and O–H groups in total. The summed E-state index contributed by atoms with van der Waals surface area (Å²) in [5, 5.41) is 2.65. The molecule has 0 aromatic carbocycles. The lowest BCUT2D eigenvalue weighted by molar-refractivity contribution is 0.166. The van der Waals surface area contributed by atoms with E-state index in [-0.39, 0.29) is 11.0 Å². The third-order valence-corrected chi connectivity index (χ3v) is 5.05. The lowest BCUT2D eigenvalue weighted by atomic mass is 10.0. The van der Waals surface area contributed by atoms with Crippen LogP contribution in [0, 0.1) is 10.2 Å². The van der Waals surface area contributed by atoms with Crippen LogP contribution in [-0.4, -0.2) is 23.3 Å². The number of aromatic amines is 1. The van der Waals surface area contributed by atoms with Crippen molar-refractivity contribution in [2.24, 2.45) is 5.41 Å². The quantitative estimate of drug-likeness (QED) is 0.863. The van der Waals surface area contributed by atoms with E-state index in [9.17, 15) is 4.79 Å². The van der Waals surface area contributed by atoms with Gasteiger partial charge in [-0.15, -0.1) is 11.3 Å². The predicted octanol–water partition coefficient (Wildman–Crippen LogP) is 2.94. The van der Waals surface area contributed by atoms with Gasteiger partial charge < -0.3 is 9.72 Å². The Bertz CT molecular complexity index is 709. The fourth-order valence-corrected chi connectivity index (χ4v) is 3.53. The molecule has 6 heteroatoms. The van der Waals surface area contributed by atoms with Crippen LogP contribution in [0.2, 0.25) is 0 Å². The Balaban J connectivity index is 1.97. The summed E-state index contributed by atoms with van der Waals surface area (Å²) < 4.78 is 7.40. The van der Waals surface area contributed by atoms with Crippen molar-refractivity contribution in [3.63, 3.8) is 0 Å². The summed E-state index contributed by atoms with van der Waals surface area (Å²) in [7, 11) is 1.71. The Hall–Kier alpha value is -0.980. The second-order valence-corrected chi connectivity index (χ2v) is 6.53. The molecule has 19 heavy (non-hydrogen) atoms. The first-order valence-electron chi connectivity index (χ1n) is 6.34. The zero-order valence-corrected chi connectivity index (χ0v) is 12.4. The molecule has 0 radical (unpaired) electrons. The maximum absolute atomic E-state index is 12.4. The number of thiophene rings is 1. The highest BCUT2D eigenvalue weighted by Gasteiger charge is 2.42. The predicted molar refractivity (Wildman–Crippen MR) is 79.4 cm³/mol. The number of hydrogen-bond acceptors (Lipinski definition) is 4. The molecular weight excluding hydrogens is 280 g/mol. The van der Waals surface area contributed by atoms with Crippen molar-refractivity contribution in [1.29, 1.82) is 0 Å². The standard InChI is InChI=1S/C13H16N2O2S2/c1-17-6-5-13(3-4-13)8-15-11(16)9-2-7-19-10(9)14-12(15)18/h2,7H,3-6,8H2,1H3,(H,14,18). The molecule has 1 aliphatic carbocycles. The number of rotatable bonds is 5. The lowest BCUT2D eigenvalue weighted by Gasteiger charge is -2.16. The van der Waals surface area contributed by atoms with Gasteiger partial charge in [0.2, 0.25) is 0 Å². The first-order chi connectivity index (χ1) is 9.15. The van der Waals surface area contributed by atoms with Crippen LogP contribution in [0.5, 0.6) is 0 Å². The summed E-state index contributed by atoms with van der Waals surface area (Å²) in [6.45, 7) is 1.45. The van der Waals surface area contributed by atoms with E-state index in [0.29, 0.717) is 11.3 Å². The molecular formula is C13H16N2O2S2. The number of ether oxygens (including phenoxy) is 1. The summed E-state index contributed by atoms with van der Waals surface area (Å²) in [5.74, 6) is 0. The van der Waals surface area contributed by atoms with Crippen molar-refractivity contribution < 1.29 is 4.74 Å². The van der Waals surface area contributed by atoms with Crippen molar-refractivity contribution >= 4 is 33.8 Å². The summed E-state index contributed by atoms with van der Waals surface area (Å²) in [6.07, 6.45) is 3.30. The molecule has 1 aliphatic rings. The van der Waals surface area contributed by atoms with Crippen LogP contribution in [0.4, 0.5) is 0 Å². The van der Waals surface area contributed by atoms with E-state index in [2.05, 4.69) is 4.98 Å². The third kappa shape index (κ3) is 2.40. The maximum Gasteiger partial charge on any atom is 0.263 e. The van der Waals surface area contributed by atoms with Crippen LogP contribution < -0.4 is 5.56 Å². The van der Waals surface area contributed by atoms with Gasteiger partial charge in [-0.1, -0.05) is 0 Å². The van der Waals surface area contributed by atoms with Gasteiger partial charge in [0, 0.05) is 20.3 Å². The summed E-state index contributed by atoms with van der Waals surface area (Å²) in [5.41, 5.74) is 0.244. The minimum atomic E-state index is 0.0312. The van der Waals surface area contributed by atoms with Gasteiger partial charge in [0.1, 0.15) is 4.83 Å². The molecule has 2 heterocycles. The van der Waals surface area contributed by atoms with Gasteiger partial charge in [-0.2, -0.15) is 0 Å². The average Bonchev–Trinajstić information content (AvgIpc) is 3.00. The molecule has 102 valence electrons. The zero-order valence-electron chi connectivity index (χ0n) is 10.8. The molecule has 2 aromatic rings. The van der Waals surface area contributed by atoms with Crippen molar-refractivity contribution in [3.8, 4) is 0 Å². The van der Waals surface area contributed by atoms with E-state index in [0.717, 1.165) is 36.1 Å². The van der Waals surface area contributed by atoms with Crippen LogP contribution in [0.3, 0.4) is 0 Å². The number of hydrogen-bond donors (Lipinski definition) is 1. The van der Waals surface area contributed by atoms with E-state index in [1.54, 1.807) is 11.7 Å². The fraction of sp³-hybridized carbons (Fsp3) is 0.538. The zero-order chi connectivity index (χ0) is 13.5. The van der Waals surface area contributed by atoms with Gasteiger partial charge in [-0.25, -0.2) is 0 Å². The Kier molecular flexibility index (Phi) is 3.32. The molecule has 3 rings (SSSR count). The molecule has 0 amide bonds. The number of nitrogens with one attached hydrogen (secondary N) is 1. The molecule has 0 atom stereocenters. The highest BCUT2D eigenvalue weighted by atomic mass is 32.1. The summed E-state index contributed by atoms with van der Waals surface area (Å²) >= 11 is 6.84. The van der Waals surface area contributed by atoms with Gasteiger partial charge in [-0.3, -0.25) is 9.36 Å². The van der Waals surface area contributed by atoms with Crippen LogP contribution in [0.1, 0.15) is 19.3 Å². The van der Waals surface area contributed by atoms with E-state index in [1.165, 1.54) is 11.3 Å². The van der Waals surface area contributed by atoms with Crippen LogP contribution >= 0.6 is 23.6 Å². The Morgan fingerprint density at radius 1 is 1.58 bits per heavy atom. The minimum absolute atomic E-state index is 0.0312. The second-order valence-electron chi connectivity index (χ2n) is 5.23. The van der Waals surface area contributed by atoms with Crippen molar-refractivity contribution in [3.05, 3.63) is 26.6 Å². The van der Waals surface area contributed by atoms with Crippen molar-refractivity contribution in [1.82, 2.24) is 9.55 Å². The SMILES string of the molecule is COCCC1(Cn2c(=S)[nH]c3sccc3c2=O)CC1. The van der Waals surface area contributed by atoms with Gasteiger partial charge in [0.15, 0.2) is 4.77 Å². The van der Waals surface area contributed by atoms with Gasteiger partial charge in [-0.05, 0) is 48.3 Å². The summed E-state index contributed by atoms with van der Waals surface area (Å²) in [4.78, 5) is 16.5. The molecule has 0 unspecified atom stereocenters. The van der Waals surface area contributed by atoms with Gasteiger partial charge in [0.25, 0.3) is 5.56 Å². The van der Waals surface area contributed by atoms with Gasteiger partial charge in [0.05, 0.1) is 5.39 Å². The molecule has 1 fully saturated rings. The number of nitrogens with zero attached hydrogens (tertiary/aromatic N) is 1. The largest absolute Gasteiger partial charge is 0.385 e. The van der Waals surface area contributed by atoms with Gasteiger partial charge >= 0.3 is 0 Å². The molecule has 2 aromatic heterocycles. The van der Waals surface area contributed by atoms with E-state index >= 15 is 0 Å². The molecule has 1 saturated carbocycles. The van der Waals surface area contributed by atoms with E-state index < -0.39 is 0 Å². The fourth-order valence-electron chi connectivity index (χ4n) is 2.44. The first kappa shape index (κ1) is 13.0. The van der Waals surface area contributed by atoms with E-state index in [4.69, 9.17) is 17.0 Å². The lowest BCUT2D eigenvalue weighted by Crippen LogP contribution is -2.26. The average molecular weight is 296 g/mol. The summed E-state index contributed by atoms with van der Waals surface area (Å²) in [6, 6.07) is 1.86. The Labute approximate surface area is 120 Å². The molecule has 0 bridgehead atoms. The topological polar surface area (TPSA) is 47.0 Å². The van der Waals surface area contributed by atoms with Crippen LogP contribution in [-0.2, 0) is 11.3 Å². The maximum atomic E-state index is 12.4. The van der Waals surface area contributed by atoms with Crippen molar-refractivity contribution in [2.45, 2.75) is 25.8 Å². The normalized spacial score (nSPS) is 16.9. The highest BCUT2D eigenvalue weighted by Crippen LogP contribution is 2.50. The minimum Gasteiger partial charge on any atom is -0.385 e. The highest BCUT2D eigenvalue weighted by molar-refractivity contribution is 7.71. The molecule has 0 spiro atoms. The van der Waals surface area contributed by atoms with Crippen LogP contribution in [0.15, 0.2) is 16.2 Å². The van der Waals surface area contributed by atoms with Crippen molar-refractivity contribution in [2.75, 3.05) is 13.7 Å². The number of aromatic nitrogens is 2. The number of methoxy groups -OCH3 is 1. The van der Waals surface area contributed by atoms with E-state index in [1.807, 2.05) is 11.4 Å².